The Labute approximate surface area is 177 Å². The number of anilines is 1. The van der Waals surface area contributed by atoms with Crippen molar-refractivity contribution in [3.63, 3.8) is 0 Å². The zero-order valence-electron chi connectivity index (χ0n) is 16.9. The molecule has 8 nitrogen and oxygen atoms in total. The number of benzene rings is 2. The van der Waals surface area contributed by atoms with Crippen molar-refractivity contribution < 1.29 is 22.7 Å². The SMILES string of the molecule is CCOCCCNC(=O)c1cccc(NC(=O)CCNS(=O)(=O)c2ccccc2)c1. The molecule has 0 aliphatic rings. The zero-order valence-corrected chi connectivity index (χ0v) is 17.7. The van der Waals surface area contributed by atoms with Crippen molar-refractivity contribution in [2.75, 3.05) is 31.6 Å². The summed E-state index contributed by atoms with van der Waals surface area (Å²) in [5, 5.41) is 5.47. The molecule has 0 aliphatic carbocycles. The molecule has 2 aromatic carbocycles. The molecule has 0 fully saturated rings. The van der Waals surface area contributed by atoms with Gasteiger partial charge in [-0.25, -0.2) is 13.1 Å². The van der Waals surface area contributed by atoms with Gasteiger partial charge < -0.3 is 15.4 Å². The van der Waals surface area contributed by atoms with Gasteiger partial charge in [0.1, 0.15) is 0 Å². The summed E-state index contributed by atoms with van der Waals surface area (Å²) in [4.78, 5) is 24.5. The molecule has 2 rings (SSSR count). The number of sulfonamides is 1. The number of hydrogen-bond acceptors (Lipinski definition) is 5. The molecule has 0 atom stereocenters. The molecule has 2 aromatic rings. The Kier molecular flexibility index (Phi) is 9.46. The maximum Gasteiger partial charge on any atom is 0.251 e. The van der Waals surface area contributed by atoms with Gasteiger partial charge in [-0.2, -0.15) is 0 Å². The lowest BCUT2D eigenvalue weighted by Crippen LogP contribution is -2.28. The first-order chi connectivity index (χ1) is 14.4. The van der Waals surface area contributed by atoms with Gasteiger partial charge in [0.25, 0.3) is 5.91 Å². The lowest BCUT2D eigenvalue weighted by atomic mass is 10.2. The van der Waals surface area contributed by atoms with E-state index >= 15 is 0 Å². The number of rotatable bonds is 12. The highest BCUT2D eigenvalue weighted by atomic mass is 32.2. The topological polar surface area (TPSA) is 114 Å². The van der Waals surface area contributed by atoms with Crippen LogP contribution >= 0.6 is 0 Å². The van der Waals surface area contributed by atoms with Crippen LogP contribution in [0.15, 0.2) is 59.5 Å². The number of nitrogens with one attached hydrogen (secondary N) is 3. The molecule has 30 heavy (non-hydrogen) atoms. The molecule has 3 N–H and O–H groups in total. The van der Waals surface area contributed by atoms with Crippen LogP contribution in [0.3, 0.4) is 0 Å². The van der Waals surface area contributed by atoms with E-state index in [9.17, 15) is 18.0 Å². The van der Waals surface area contributed by atoms with Crippen LogP contribution in [0, 0.1) is 0 Å². The predicted molar refractivity (Wildman–Crippen MR) is 115 cm³/mol. The van der Waals surface area contributed by atoms with Crippen LogP contribution in [0.2, 0.25) is 0 Å². The molecule has 9 heteroatoms. The van der Waals surface area contributed by atoms with Crippen molar-refractivity contribution in [3.05, 3.63) is 60.2 Å². The molecular weight excluding hydrogens is 406 g/mol. The number of ether oxygens (including phenoxy) is 1. The van der Waals surface area contributed by atoms with Crippen molar-refractivity contribution in [2.45, 2.75) is 24.7 Å². The fourth-order valence-electron chi connectivity index (χ4n) is 2.57. The highest BCUT2D eigenvalue weighted by molar-refractivity contribution is 7.89. The number of hydrogen-bond donors (Lipinski definition) is 3. The van der Waals surface area contributed by atoms with Crippen molar-refractivity contribution in [1.82, 2.24) is 10.0 Å². The summed E-state index contributed by atoms with van der Waals surface area (Å²) in [6, 6.07) is 14.5. The van der Waals surface area contributed by atoms with Crippen LogP contribution in [0.1, 0.15) is 30.1 Å². The van der Waals surface area contributed by atoms with E-state index < -0.39 is 10.0 Å². The lowest BCUT2D eigenvalue weighted by Gasteiger charge is -2.09. The van der Waals surface area contributed by atoms with E-state index in [2.05, 4.69) is 15.4 Å². The van der Waals surface area contributed by atoms with Crippen LogP contribution in [0.4, 0.5) is 5.69 Å². The minimum absolute atomic E-state index is 0.0386. The Hall–Kier alpha value is -2.75. The highest BCUT2D eigenvalue weighted by Crippen LogP contribution is 2.11. The summed E-state index contributed by atoms with van der Waals surface area (Å²) in [6.07, 6.45) is 0.675. The van der Waals surface area contributed by atoms with Gasteiger partial charge in [0.2, 0.25) is 15.9 Å². The third kappa shape index (κ3) is 7.94. The first kappa shape index (κ1) is 23.5. The van der Waals surface area contributed by atoms with Gasteiger partial charge >= 0.3 is 0 Å². The smallest absolute Gasteiger partial charge is 0.251 e. The molecule has 0 heterocycles. The van der Waals surface area contributed by atoms with Gasteiger partial charge in [0.15, 0.2) is 0 Å². The summed E-state index contributed by atoms with van der Waals surface area (Å²) in [5.74, 6) is -0.599. The molecular formula is C21H27N3O5S. The van der Waals surface area contributed by atoms with Crippen LogP contribution in [0.5, 0.6) is 0 Å². The van der Waals surface area contributed by atoms with Crippen molar-refractivity contribution in [1.29, 1.82) is 0 Å². The minimum atomic E-state index is -3.65. The van der Waals surface area contributed by atoms with Gasteiger partial charge in [0.05, 0.1) is 4.90 Å². The summed E-state index contributed by atoms with van der Waals surface area (Å²) < 4.78 is 31.9. The standard InChI is InChI=1S/C21H27N3O5S/c1-2-29-15-7-13-22-21(26)17-8-6-9-18(16-17)24-20(25)12-14-23-30(27,28)19-10-4-3-5-11-19/h3-6,8-11,16,23H,2,7,12-15H2,1H3,(H,22,26)(H,24,25). The number of carbonyl (C=O) groups excluding carboxylic acids is 2. The van der Waals surface area contributed by atoms with Gasteiger partial charge in [-0.05, 0) is 43.7 Å². The summed E-state index contributed by atoms with van der Waals surface area (Å²) in [6.45, 7) is 3.60. The van der Waals surface area contributed by atoms with Crippen LogP contribution in [0.25, 0.3) is 0 Å². The van der Waals surface area contributed by atoms with E-state index in [1.165, 1.54) is 12.1 Å². The van der Waals surface area contributed by atoms with Gasteiger partial charge in [-0.3, -0.25) is 9.59 Å². The van der Waals surface area contributed by atoms with Crippen LogP contribution in [-0.2, 0) is 19.6 Å². The average molecular weight is 434 g/mol. The fourth-order valence-corrected chi connectivity index (χ4v) is 3.62. The average Bonchev–Trinajstić information content (AvgIpc) is 2.74. The Balaban J connectivity index is 1.80. The first-order valence-corrected chi connectivity index (χ1v) is 11.2. The summed E-state index contributed by atoms with van der Waals surface area (Å²) in [7, 11) is -3.65. The normalized spacial score (nSPS) is 11.1. The summed E-state index contributed by atoms with van der Waals surface area (Å²) in [5.41, 5.74) is 0.891. The Morgan fingerprint density at radius 1 is 1.00 bits per heavy atom. The van der Waals surface area contributed by atoms with E-state index in [1.807, 2.05) is 6.92 Å². The lowest BCUT2D eigenvalue weighted by molar-refractivity contribution is -0.116. The van der Waals surface area contributed by atoms with Gasteiger partial charge in [0, 0.05) is 44.0 Å². The third-order valence-corrected chi connectivity index (χ3v) is 5.54. The largest absolute Gasteiger partial charge is 0.382 e. The summed E-state index contributed by atoms with van der Waals surface area (Å²) >= 11 is 0. The number of amides is 2. The van der Waals surface area contributed by atoms with E-state index in [-0.39, 0.29) is 29.7 Å². The maximum absolute atomic E-state index is 12.2. The molecule has 0 unspecified atom stereocenters. The molecule has 0 aliphatic heterocycles. The Morgan fingerprint density at radius 3 is 2.50 bits per heavy atom. The Bertz CT molecular complexity index is 933. The molecule has 0 aromatic heterocycles. The van der Waals surface area contributed by atoms with Crippen molar-refractivity contribution >= 4 is 27.5 Å². The van der Waals surface area contributed by atoms with E-state index in [0.717, 1.165) is 6.42 Å². The van der Waals surface area contributed by atoms with Crippen LogP contribution in [-0.4, -0.2) is 46.5 Å². The van der Waals surface area contributed by atoms with Crippen molar-refractivity contribution in [2.24, 2.45) is 0 Å². The Morgan fingerprint density at radius 2 is 1.77 bits per heavy atom. The predicted octanol–water partition coefficient (Wildman–Crippen LogP) is 2.15. The third-order valence-electron chi connectivity index (χ3n) is 4.06. The highest BCUT2D eigenvalue weighted by Gasteiger charge is 2.14. The minimum Gasteiger partial charge on any atom is -0.382 e. The second kappa shape index (κ2) is 12.1. The maximum atomic E-state index is 12.2. The number of carbonyl (C=O) groups is 2. The second-order valence-electron chi connectivity index (χ2n) is 6.40. The van der Waals surface area contributed by atoms with Crippen molar-refractivity contribution in [3.8, 4) is 0 Å². The zero-order chi connectivity index (χ0) is 21.8. The monoisotopic (exact) mass is 433 g/mol. The van der Waals surface area contributed by atoms with Gasteiger partial charge in [-0.15, -0.1) is 0 Å². The molecule has 0 radical (unpaired) electrons. The molecule has 2 amide bonds. The quantitative estimate of drug-likeness (QED) is 0.444. The fraction of sp³-hybridized carbons (Fsp3) is 0.333. The molecule has 0 saturated carbocycles. The molecule has 0 saturated heterocycles. The van der Waals surface area contributed by atoms with E-state index in [4.69, 9.17) is 4.74 Å². The second-order valence-corrected chi connectivity index (χ2v) is 8.16. The first-order valence-electron chi connectivity index (χ1n) is 9.73. The molecule has 0 spiro atoms. The molecule has 162 valence electrons. The van der Waals surface area contributed by atoms with E-state index in [0.29, 0.717) is 31.0 Å². The van der Waals surface area contributed by atoms with E-state index in [1.54, 1.807) is 42.5 Å². The van der Waals surface area contributed by atoms with Crippen LogP contribution < -0.4 is 15.4 Å². The van der Waals surface area contributed by atoms with Gasteiger partial charge in [-0.1, -0.05) is 24.3 Å². The molecule has 0 bridgehead atoms.